The number of hydrogen-bond donors (Lipinski definition) is 8. The Morgan fingerprint density at radius 2 is 1.16 bits per heavy atom. The summed E-state index contributed by atoms with van der Waals surface area (Å²) < 4.78 is 49.6. The van der Waals surface area contributed by atoms with Crippen LogP contribution in [0, 0.1) is 0 Å². The van der Waals surface area contributed by atoms with E-state index in [9.17, 15) is 45.2 Å². The minimum Gasteiger partial charge on any atom is -0.394 e. The summed E-state index contributed by atoms with van der Waals surface area (Å²) in [6.07, 6.45) is -0.453. The molecule has 16 nitrogen and oxygen atoms in total. The largest absolute Gasteiger partial charge is 0.474 e. The minimum atomic E-state index is -4.90. The topological polar surface area (TPSA) is 244 Å². The van der Waals surface area contributed by atoms with Crippen LogP contribution in [0.1, 0.15) is 96.8 Å². The molecule has 0 aliphatic carbocycles. The highest BCUT2D eigenvalue weighted by Crippen LogP contribution is 2.47. The molecule has 2 saturated heterocycles. The van der Waals surface area contributed by atoms with Crippen LogP contribution in [0.15, 0.2) is 0 Å². The van der Waals surface area contributed by atoms with E-state index in [0.717, 1.165) is 19.3 Å². The Hall–Kier alpha value is -0.370. The van der Waals surface area contributed by atoms with Gasteiger partial charge in [0.15, 0.2) is 12.6 Å². The number of phosphoric acid groups is 1. The van der Waals surface area contributed by atoms with Crippen molar-refractivity contribution in [3.05, 3.63) is 0 Å². The predicted molar refractivity (Wildman–Crippen MR) is 175 cm³/mol. The lowest BCUT2D eigenvalue weighted by molar-refractivity contribution is -0.353. The van der Waals surface area contributed by atoms with E-state index >= 15 is 0 Å². The standard InChI is InChI=1S/C32H63O16P/c1-3-4-5-6-7-8-9-10-11-12-13-14-15-16-17-43-20-22(42-2)21-44-49(40,41)48-32-29(39)27(37)30(24(19-34)46-32)47-31-28(38)26(36)25(35)23(18-33)45-31/h22-39H,3-21H2,1-2H3,(H,40,41)/t22?,23-,24-,25-,26+,27-,28-,29-,30-,31-,32?/m1/s1. The molecule has 2 aliphatic heterocycles. The van der Waals surface area contributed by atoms with Crippen LogP contribution in [0.25, 0.3) is 0 Å². The zero-order valence-corrected chi connectivity index (χ0v) is 30.0. The highest BCUT2D eigenvalue weighted by Gasteiger charge is 2.52. The van der Waals surface area contributed by atoms with E-state index in [1.807, 2.05) is 0 Å². The van der Waals surface area contributed by atoms with Gasteiger partial charge in [-0.15, -0.1) is 0 Å². The summed E-state index contributed by atoms with van der Waals surface area (Å²) in [5.74, 6) is 0. The molecule has 0 bridgehead atoms. The normalized spacial score (nSPS) is 32.6. The van der Waals surface area contributed by atoms with Gasteiger partial charge in [0.1, 0.15) is 54.9 Å². The minimum absolute atomic E-state index is 0.0970. The Morgan fingerprint density at radius 1 is 0.653 bits per heavy atom. The van der Waals surface area contributed by atoms with Crippen molar-refractivity contribution in [1.82, 2.24) is 0 Å². The third-order valence-electron chi connectivity index (χ3n) is 8.90. The van der Waals surface area contributed by atoms with E-state index in [1.54, 1.807) is 0 Å². The Balaban J connectivity index is 1.66. The van der Waals surface area contributed by atoms with Crippen molar-refractivity contribution in [1.29, 1.82) is 0 Å². The van der Waals surface area contributed by atoms with Crippen LogP contribution >= 0.6 is 7.82 Å². The van der Waals surface area contributed by atoms with Gasteiger partial charge in [0.05, 0.1) is 26.4 Å². The molecule has 292 valence electrons. The van der Waals surface area contributed by atoms with Gasteiger partial charge in [-0.1, -0.05) is 90.4 Å². The van der Waals surface area contributed by atoms with E-state index < -0.39 is 95.2 Å². The summed E-state index contributed by atoms with van der Waals surface area (Å²) in [5, 5.41) is 70.7. The first-order chi connectivity index (χ1) is 23.5. The molecule has 0 aromatic carbocycles. The molecule has 0 aromatic heterocycles. The average Bonchev–Trinajstić information content (AvgIpc) is 3.08. The van der Waals surface area contributed by atoms with E-state index in [4.69, 9.17) is 32.7 Å². The van der Waals surface area contributed by atoms with Gasteiger partial charge in [-0.2, -0.15) is 0 Å². The third kappa shape index (κ3) is 16.0. The van der Waals surface area contributed by atoms with E-state index in [0.29, 0.717) is 6.61 Å². The molecule has 2 fully saturated rings. The van der Waals surface area contributed by atoms with Crippen molar-refractivity contribution < 1.29 is 77.9 Å². The highest BCUT2D eigenvalue weighted by atomic mass is 31.2. The first-order valence-corrected chi connectivity index (χ1v) is 19.3. The SMILES string of the molecule is CCCCCCCCCCCCCCCCOCC(COP(=O)(O)OC1O[C@H](CO)[C@@H](O[C@H]2O[C@H](CO)[C@@H](O)[C@H](O)[C@H]2O)[C@H](O)[C@H]1O)OC. The maximum absolute atomic E-state index is 12.7. The fraction of sp³-hybridized carbons (Fsp3) is 1.00. The summed E-state index contributed by atoms with van der Waals surface area (Å²) in [4.78, 5) is 10.3. The molecule has 0 amide bonds. The molecular weight excluding hydrogens is 671 g/mol. The van der Waals surface area contributed by atoms with Crippen molar-refractivity contribution in [3.63, 3.8) is 0 Å². The summed E-state index contributed by atoms with van der Waals surface area (Å²) >= 11 is 0. The quantitative estimate of drug-likeness (QED) is 0.0437. The molecule has 49 heavy (non-hydrogen) atoms. The fourth-order valence-corrected chi connectivity index (χ4v) is 6.63. The number of aliphatic hydroxyl groups excluding tert-OH is 7. The van der Waals surface area contributed by atoms with Crippen LogP contribution in [-0.2, 0) is 37.3 Å². The van der Waals surface area contributed by atoms with Crippen molar-refractivity contribution >= 4 is 7.82 Å². The molecule has 0 radical (unpaired) electrons. The van der Waals surface area contributed by atoms with Gasteiger partial charge < -0.3 is 64.3 Å². The van der Waals surface area contributed by atoms with Crippen molar-refractivity contribution in [2.75, 3.05) is 40.1 Å². The number of aliphatic hydroxyl groups is 7. The number of methoxy groups -OCH3 is 1. The number of hydrogen-bond acceptors (Lipinski definition) is 15. The van der Waals surface area contributed by atoms with E-state index in [-0.39, 0.29) is 6.61 Å². The zero-order chi connectivity index (χ0) is 36.2. The second kappa shape index (κ2) is 24.8. The first-order valence-electron chi connectivity index (χ1n) is 17.8. The number of unbranched alkanes of at least 4 members (excludes halogenated alkanes) is 13. The van der Waals surface area contributed by atoms with Crippen molar-refractivity contribution in [3.8, 4) is 0 Å². The Labute approximate surface area is 290 Å². The smallest absolute Gasteiger partial charge is 0.394 e. The van der Waals surface area contributed by atoms with Crippen LogP contribution in [-0.4, -0.2) is 148 Å². The van der Waals surface area contributed by atoms with Gasteiger partial charge in [0, 0.05) is 13.7 Å². The molecule has 2 rings (SSSR count). The number of rotatable bonds is 27. The fourth-order valence-electron chi connectivity index (χ4n) is 5.78. The predicted octanol–water partition coefficient (Wildman–Crippen LogP) is 1.26. The van der Waals surface area contributed by atoms with Crippen molar-refractivity contribution in [2.45, 2.75) is 164 Å². The molecule has 3 unspecified atom stereocenters. The maximum atomic E-state index is 12.7. The van der Waals surface area contributed by atoms with Gasteiger partial charge >= 0.3 is 7.82 Å². The molecule has 2 aliphatic rings. The van der Waals surface area contributed by atoms with Gasteiger partial charge in [-0.25, -0.2) is 4.57 Å². The van der Waals surface area contributed by atoms with Gasteiger partial charge in [0.2, 0.25) is 0 Å². The Morgan fingerprint density at radius 3 is 1.69 bits per heavy atom. The lowest BCUT2D eigenvalue weighted by Crippen LogP contribution is -2.64. The monoisotopic (exact) mass is 734 g/mol. The lowest BCUT2D eigenvalue weighted by Gasteiger charge is -2.45. The zero-order valence-electron chi connectivity index (χ0n) is 29.1. The first kappa shape index (κ1) is 44.8. The van der Waals surface area contributed by atoms with Crippen LogP contribution in [0.5, 0.6) is 0 Å². The lowest BCUT2D eigenvalue weighted by atomic mass is 9.97. The van der Waals surface area contributed by atoms with Gasteiger partial charge in [-0.3, -0.25) is 9.05 Å². The molecule has 12 atom stereocenters. The van der Waals surface area contributed by atoms with Crippen LogP contribution in [0.3, 0.4) is 0 Å². The van der Waals surface area contributed by atoms with Crippen LogP contribution in [0.2, 0.25) is 0 Å². The highest BCUT2D eigenvalue weighted by molar-refractivity contribution is 7.47. The Bertz CT molecular complexity index is 884. The molecule has 17 heteroatoms. The summed E-state index contributed by atoms with van der Waals surface area (Å²) in [6, 6.07) is 0. The average molecular weight is 735 g/mol. The van der Waals surface area contributed by atoms with Gasteiger partial charge in [-0.05, 0) is 6.42 Å². The Kier molecular flexibility index (Phi) is 22.7. The molecule has 0 aromatic rings. The van der Waals surface area contributed by atoms with Crippen LogP contribution < -0.4 is 0 Å². The third-order valence-corrected chi connectivity index (χ3v) is 9.85. The summed E-state index contributed by atoms with van der Waals surface area (Å²) in [6.45, 7) is 0.853. The molecule has 0 saturated carbocycles. The van der Waals surface area contributed by atoms with Gasteiger partial charge in [0.25, 0.3) is 0 Å². The molecule has 8 N–H and O–H groups in total. The van der Waals surface area contributed by atoms with E-state index in [1.165, 1.54) is 77.7 Å². The van der Waals surface area contributed by atoms with E-state index in [2.05, 4.69) is 6.92 Å². The van der Waals surface area contributed by atoms with Crippen molar-refractivity contribution in [2.24, 2.45) is 0 Å². The molecular formula is C32H63O16P. The molecule has 2 heterocycles. The summed E-state index contributed by atoms with van der Waals surface area (Å²) in [7, 11) is -3.52. The second-order valence-corrected chi connectivity index (χ2v) is 14.3. The molecule has 0 spiro atoms. The second-order valence-electron chi connectivity index (χ2n) is 12.9. The summed E-state index contributed by atoms with van der Waals surface area (Å²) in [5.41, 5.74) is 0. The maximum Gasteiger partial charge on any atom is 0.474 e. The number of ether oxygens (including phenoxy) is 5. The number of phosphoric ester groups is 1. The van der Waals surface area contributed by atoms with Crippen LogP contribution in [0.4, 0.5) is 0 Å².